The summed E-state index contributed by atoms with van der Waals surface area (Å²) in [7, 11) is 0. The van der Waals surface area contributed by atoms with E-state index in [4.69, 9.17) is 28.0 Å². The Morgan fingerprint density at radius 1 is 1.05 bits per heavy atom. The van der Waals surface area contributed by atoms with Gasteiger partial charge in [0.05, 0.1) is 22.3 Å². The number of carbonyl (C=O) groups is 1. The predicted molar refractivity (Wildman–Crippen MR) is 128 cm³/mol. The molecule has 4 rings (SSSR count). The Bertz CT molecular complexity index is 1470. The lowest BCUT2D eigenvalue weighted by Gasteiger charge is -2.29. The first-order chi connectivity index (χ1) is 18.2. The molecule has 0 saturated carbocycles. The molecule has 2 unspecified atom stereocenters. The minimum absolute atomic E-state index is 0.111. The molecule has 1 aliphatic heterocycles. The molecular weight excluding hydrogens is 582 g/mol. The number of alkyl halides is 6. The molecule has 1 amide bonds. The molecule has 1 heterocycles. The third-order valence-corrected chi connectivity index (χ3v) is 6.63. The van der Waals surface area contributed by atoms with Crippen molar-refractivity contribution in [1.29, 1.82) is 0 Å². The summed E-state index contributed by atoms with van der Waals surface area (Å²) in [6.07, 6.45) is -10.9. The fourth-order valence-corrected chi connectivity index (χ4v) is 4.57. The predicted octanol–water partition coefficient (Wildman–Crippen LogP) is 7.30. The van der Waals surface area contributed by atoms with Gasteiger partial charge >= 0.3 is 12.4 Å². The molecule has 39 heavy (non-hydrogen) atoms. The second kappa shape index (κ2) is 10.3. The number of benzene rings is 3. The zero-order valence-electron chi connectivity index (χ0n) is 19.1. The number of nitroso groups, excluding NO2 is 1. The van der Waals surface area contributed by atoms with Gasteiger partial charge in [0, 0.05) is 23.1 Å². The number of halogens is 9. The minimum atomic E-state index is -5.06. The van der Waals surface area contributed by atoms with Gasteiger partial charge in [0.15, 0.2) is 5.82 Å². The molecule has 0 spiro atoms. The third kappa shape index (κ3) is 5.24. The Kier molecular flexibility index (Phi) is 7.52. The molecule has 0 radical (unpaired) electrons. The van der Waals surface area contributed by atoms with Crippen LogP contribution >= 0.6 is 23.2 Å². The molecule has 0 saturated heterocycles. The SMILES string of the molecule is O=NC(CNC(=O)c1ccc(C2=NOC(c3cc(Cl)c(F)c(Cl)c3)(C(F)(F)F)C2)c2ccccc12)C(F)(F)F. The van der Waals surface area contributed by atoms with Crippen LogP contribution in [0.15, 0.2) is 58.9 Å². The van der Waals surface area contributed by atoms with Gasteiger partial charge in [-0.2, -0.15) is 31.2 Å². The van der Waals surface area contributed by atoms with Gasteiger partial charge in [0.1, 0.15) is 0 Å². The first-order valence-electron chi connectivity index (χ1n) is 10.9. The fourth-order valence-electron chi connectivity index (χ4n) is 4.08. The summed E-state index contributed by atoms with van der Waals surface area (Å²) in [4.78, 5) is 28.1. The van der Waals surface area contributed by atoms with Crippen molar-refractivity contribution in [3.63, 3.8) is 0 Å². The van der Waals surface area contributed by atoms with Crippen LogP contribution in [0.25, 0.3) is 10.8 Å². The van der Waals surface area contributed by atoms with Crippen LogP contribution in [0.5, 0.6) is 0 Å². The number of hydrogen-bond donors (Lipinski definition) is 1. The highest BCUT2D eigenvalue weighted by molar-refractivity contribution is 6.35. The number of nitrogens with zero attached hydrogens (tertiary/aromatic N) is 2. The summed E-state index contributed by atoms with van der Waals surface area (Å²) >= 11 is 11.4. The Morgan fingerprint density at radius 2 is 1.67 bits per heavy atom. The summed E-state index contributed by atoms with van der Waals surface area (Å²) in [5.74, 6) is -2.08. The van der Waals surface area contributed by atoms with E-state index in [-0.39, 0.29) is 27.6 Å². The molecule has 1 N–H and O–H groups in total. The number of hydrogen-bond acceptors (Lipinski definition) is 5. The van der Waals surface area contributed by atoms with Crippen LogP contribution in [0, 0.1) is 10.7 Å². The quantitative estimate of drug-likeness (QED) is 0.184. The number of nitrogens with one attached hydrogen (secondary N) is 1. The Labute approximate surface area is 224 Å². The Hall–Kier alpha value is -3.45. The van der Waals surface area contributed by atoms with Crippen LogP contribution in [0.1, 0.15) is 27.9 Å². The van der Waals surface area contributed by atoms with Gasteiger partial charge < -0.3 is 10.2 Å². The topological polar surface area (TPSA) is 80.1 Å². The van der Waals surface area contributed by atoms with Crippen LogP contribution < -0.4 is 5.32 Å². The van der Waals surface area contributed by atoms with E-state index < -0.39 is 64.3 Å². The highest BCUT2D eigenvalue weighted by Crippen LogP contribution is 2.50. The number of oxime groups is 1. The van der Waals surface area contributed by atoms with Crippen molar-refractivity contribution in [2.45, 2.75) is 30.4 Å². The van der Waals surface area contributed by atoms with Crippen LogP contribution in [-0.4, -0.2) is 36.6 Å². The van der Waals surface area contributed by atoms with Crippen molar-refractivity contribution in [2.75, 3.05) is 6.54 Å². The lowest BCUT2D eigenvalue weighted by molar-refractivity contribution is -0.275. The molecule has 3 aromatic rings. The van der Waals surface area contributed by atoms with E-state index in [9.17, 15) is 40.4 Å². The van der Waals surface area contributed by atoms with Gasteiger partial charge in [-0.05, 0) is 29.0 Å². The molecule has 0 aliphatic carbocycles. The van der Waals surface area contributed by atoms with Crippen molar-refractivity contribution in [2.24, 2.45) is 10.3 Å². The summed E-state index contributed by atoms with van der Waals surface area (Å²) < 4.78 is 95.4. The molecule has 206 valence electrons. The average molecular weight is 596 g/mol. The second-order valence-electron chi connectivity index (χ2n) is 8.46. The summed E-state index contributed by atoms with van der Waals surface area (Å²) in [6, 6.07) is 7.18. The number of carbonyl (C=O) groups excluding carboxylic acids is 1. The standard InChI is InChI=1S/C24H14Cl2F7N3O3/c25-16-7-11(8-17(26)20(16)27)22(24(31,32)33)9-18(36-39-22)14-5-6-15(13-4-2-1-3-12(13)14)21(37)34-10-19(35-38)23(28,29)30/h1-8,19H,9-10H2,(H,34,37). The highest BCUT2D eigenvalue weighted by Gasteiger charge is 2.62. The molecule has 0 fully saturated rings. The van der Waals surface area contributed by atoms with Crippen LogP contribution in [0.2, 0.25) is 10.0 Å². The smallest absolute Gasteiger partial charge is 0.374 e. The molecular formula is C24H14Cl2F7N3O3. The van der Waals surface area contributed by atoms with Crippen molar-refractivity contribution in [3.8, 4) is 0 Å². The van der Waals surface area contributed by atoms with Gasteiger partial charge in [0.2, 0.25) is 6.04 Å². The zero-order valence-corrected chi connectivity index (χ0v) is 20.6. The molecule has 0 aromatic heterocycles. The van der Waals surface area contributed by atoms with E-state index in [2.05, 4.69) is 5.16 Å². The zero-order chi connectivity index (χ0) is 28.8. The molecule has 1 aliphatic rings. The molecule has 3 aromatic carbocycles. The Morgan fingerprint density at radius 3 is 2.23 bits per heavy atom. The van der Waals surface area contributed by atoms with Crippen LogP contribution in [0.4, 0.5) is 30.7 Å². The van der Waals surface area contributed by atoms with E-state index in [0.717, 1.165) is 12.1 Å². The lowest BCUT2D eigenvalue weighted by atomic mass is 9.85. The van der Waals surface area contributed by atoms with Gasteiger partial charge in [-0.15, -0.1) is 0 Å². The first-order valence-corrected chi connectivity index (χ1v) is 11.6. The van der Waals surface area contributed by atoms with Crippen molar-refractivity contribution < 1.29 is 40.4 Å². The van der Waals surface area contributed by atoms with Gasteiger partial charge in [-0.1, -0.05) is 63.9 Å². The van der Waals surface area contributed by atoms with E-state index in [1.165, 1.54) is 36.4 Å². The summed E-state index contributed by atoms with van der Waals surface area (Å²) in [5.41, 5.74) is -3.81. The van der Waals surface area contributed by atoms with E-state index in [1.54, 1.807) is 0 Å². The largest absolute Gasteiger partial charge is 0.435 e. The van der Waals surface area contributed by atoms with Gasteiger partial charge in [-0.3, -0.25) is 4.79 Å². The van der Waals surface area contributed by atoms with Gasteiger partial charge in [-0.25, -0.2) is 4.39 Å². The normalized spacial score (nSPS) is 18.4. The summed E-state index contributed by atoms with van der Waals surface area (Å²) in [5, 5.41) is 6.73. The van der Waals surface area contributed by atoms with E-state index >= 15 is 0 Å². The average Bonchev–Trinajstić information content (AvgIpc) is 3.32. The monoisotopic (exact) mass is 595 g/mol. The lowest BCUT2D eigenvalue weighted by Crippen LogP contribution is -2.42. The minimum Gasteiger partial charge on any atom is -0.374 e. The molecule has 0 bridgehead atoms. The first kappa shape index (κ1) is 28.6. The van der Waals surface area contributed by atoms with Crippen LogP contribution in [-0.2, 0) is 10.4 Å². The maximum absolute atomic E-state index is 14.4. The highest BCUT2D eigenvalue weighted by atomic mass is 35.5. The van der Waals surface area contributed by atoms with Crippen LogP contribution in [0.3, 0.4) is 0 Å². The van der Waals surface area contributed by atoms with Gasteiger partial charge in [0.25, 0.3) is 11.5 Å². The van der Waals surface area contributed by atoms with E-state index in [1.807, 2.05) is 10.5 Å². The maximum atomic E-state index is 14.4. The van der Waals surface area contributed by atoms with Crippen molar-refractivity contribution in [3.05, 3.63) is 86.0 Å². The Balaban J connectivity index is 1.71. The number of amides is 1. The van der Waals surface area contributed by atoms with E-state index in [0.29, 0.717) is 0 Å². The van der Waals surface area contributed by atoms with Crippen molar-refractivity contribution in [1.82, 2.24) is 5.32 Å². The summed E-state index contributed by atoms with van der Waals surface area (Å²) in [6.45, 7) is -1.11. The third-order valence-electron chi connectivity index (χ3n) is 6.08. The maximum Gasteiger partial charge on any atom is 0.435 e. The second-order valence-corrected chi connectivity index (χ2v) is 9.28. The van der Waals surface area contributed by atoms with Crippen molar-refractivity contribution >= 4 is 45.6 Å². The molecule has 2 atom stereocenters. The fraction of sp³-hybridized carbons (Fsp3) is 0.250. The molecule has 6 nitrogen and oxygen atoms in total. The number of fused-ring (bicyclic) bond motifs is 1. The molecule has 15 heteroatoms. The number of rotatable bonds is 6.